The maximum atomic E-state index is 13.5. The first-order chi connectivity index (χ1) is 11.5. The van der Waals surface area contributed by atoms with Gasteiger partial charge in [-0.05, 0) is 37.3 Å². The second-order valence-electron chi connectivity index (χ2n) is 5.08. The van der Waals surface area contributed by atoms with Crippen LogP contribution in [0.3, 0.4) is 0 Å². The summed E-state index contributed by atoms with van der Waals surface area (Å²) in [5, 5.41) is 0.787. The molecule has 2 amide bonds. The molecule has 0 aliphatic heterocycles. The molecule has 122 valence electrons. The molecule has 3 aromatic rings. The highest BCUT2D eigenvalue weighted by molar-refractivity contribution is 9.10. The van der Waals surface area contributed by atoms with E-state index in [1.807, 2.05) is 6.07 Å². The van der Waals surface area contributed by atoms with Gasteiger partial charge in [0.05, 0.1) is 5.56 Å². The van der Waals surface area contributed by atoms with Crippen LogP contribution < -0.4 is 10.9 Å². The fraction of sp³-hybridized carbons (Fsp3) is 0.0588. The van der Waals surface area contributed by atoms with Crippen molar-refractivity contribution in [3.05, 3.63) is 69.6 Å². The quantitative estimate of drug-likeness (QED) is 0.655. The molecule has 0 unspecified atom stereocenters. The smallest absolute Gasteiger partial charge is 0.305 e. The van der Waals surface area contributed by atoms with Gasteiger partial charge in [0.25, 0.3) is 5.91 Å². The minimum atomic E-state index is -0.752. The van der Waals surface area contributed by atoms with Gasteiger partial charge in [-0.1, -0.05) is 28.1 Å². The van der Waals surface area contributed by atoms with Gasteiger partial charge >= 0.3 is 5.91 Å². The predicted octanol–water partition coefficient (Wildman–Crippen LogP) is 3.72. The van der Waals surface area contributed by atoms with Gasteiger partial charge in [0.2, 0.25) is 0 Å². The second-order valence-corrected chi connectivity index (χ2v) is 6.00. The molecule has 0 saturated heterocycles. The number of aryl methyl sites for hydroxylation is 1. The van der Waals surface area contributed by atoms with Crippen LogP contribution in [0.2, 0.25) is 0 Å². The Bertz CT molecular complexity index is 952. The standard InChI is InChI=1S/C17H12BrFN2O3/c1-9-12-8-10(18)6-7-14(12)24-15(9)17(23)21-20-16(22)11-4-2-3-5-13(11)19/h2-8H,1H3,(H,20,22)(H,21,23). The highest BCUT2D eigenvalue weighted by Gasteiger charge is 2.19. The first-order valence-corrected chi connectivity index (χ1v) is 7.80. The topological polar surface area (TPSA) is 71.3 Å². The number of hydrogen-bond acceptors (Lipinski definition) is 3. The summed E-state index contributed by atoms with van der Waals surface area (Å²) in [5.74, 6) is -1.96. The van der Waals surface area contributed by atoms with E-state index in [1.54, 1.807) is 19.1 Å². The number of carbonyl (C=O) groups is 2. The molecule has 0 bridgehead atoms. The van der Waals surface area contributed by atoms with Crippen molar-refractivity contribution in [1.29, 1.82) is 0 Å². The average molecular weight is 391 g/mol. The van der Waals surface area contributed by atoms with Crippen LogP contribution in [0.15, 0.2) is 51.4 Å². The summed E-state index contributed by atoms with van der Waals surface area (Å²) in [4.78, 5) is 24.1. The zero-order chi connectivity index (χ0) is 17.3. The number of hydrazine groups is 1. The Labute approximate surface area is 144 Å². The summed E-state index contributed by atoms with van der Waals surface area (Å²) in [6, 6.07) is 10.9. The molecular weight excluding hydrogens is 379 g/mol. The zero-order valence-corrected chi connectivity index (χ0v) is 14.1. The lowest BCUT2D eigenvalue weighted by Gasteiger charge is -2.07. The Morgan fingerprint density at radius 1 is 1.08 bits per heavy atom. The Morgan fingerprint density at radius 2 is 1.79 bits per heavy atom. The van der Waals surface area contributed by atoms with Crippen molar-refractivity contribution >= 4 is 38.7 Å². The van der Waals surface area contributed by atoms with Crippen molar-refractivity contribution in [2.24, 2.45) is 0 Å². The molecule has 2 aromatic carbocycles. The third-order valence-corrected chi connectivity index (χ3v) is 4.01. The number of carbonyl (C=O) groups excluding carboxylic acids is 2. The number of fused-ring (bicyclic) bond motifs is 1. The van der Waals surface area contributed by atoms with Crippen molar-refractivity contribution < 1.29 is 18.4 Å². The van der Waals surface area contributed by atoms with Crippen LogP contribution in [0.1, 0.15) is 26.5 Å². The van der Waals surface area contributed by atoms with Gasteiger partial charge in [-0.3, -0.25) is 20.4 Å². The summed E-state index contributed by atoms with van der Waals surface area (Å²) in [6.45, 7) is 1.74. The van der Waals surface area contributed by atoms with Crippen LogP contribution in [0.25, 0.3) is 11.0 Å². The van der Waals surface area contributed by atoms with Crippen LogP contribution in [0, 0.1) is 12.7 Å². The third-order valence-electron chi connectivity index (χ3n) is 3.51. The Kier molecular flexibility index (Phi) is 4.35. The molecule has 0 aliphatic rings. The van der Waals surface area contributed by atoms with E-state index in [1.165, 1.54) is 18.2 Å². The van der Waals surface area contributed by atoms with Crippen LogP contribution in [-0.2, 0) is 0 Å². The van der Waals surface area contributed by atoms with E-state index in [2.05, 4.69) is 26.8 Å². The number of nitrogens with one attached hydrogen (secondary N) is 2. The molecule has 3 rings (SSSR count). The predicted molar refractivity (Wildman–Crippen MR) is 90.0 cm³/mol. The van der Waals surface area contributed by atoms with Crippen molar-refractivity contribution in [3.63, 3.8) is 0 Å². The molecule has 0 fully saturated rings. The lowest BCUT2D eigenvalue weighted by Crippen LogP contribution is -2.42. The Morgan fingerprint density at radius 3 is 2.54 bits per heavy atom. The molecule has 1 aromatic heterocycles. The summed E-state index contributed by atoms with van der Waals surface area (Å²) in [7, 11) is 0. The summed E-state index contributed by atoms with van der Waals surface area (Å²) >= 11 is 3.36. The normalized spacial score (nSPS) is 10.6. The van der Waals surface area contributed by atoms with Crippen LogP contribution in [-0.4, -0.2) is 11.8 Å². The molecule has 0 radical (unpaired) electrons. The van der Waals surface area contributed by atoms with Gasteiger partial charge in [0, 0.05) is 15.4 Å². The van der Waals surface area contributed by atoms with Crippen molar-refractivity contribution in [1.82, 2.24) is 10.9 Å². The lowest BCUT2D eigenvalue weighted by atomic mass is 10.1. The van der Waals surface area contributed by atoms with Crippen molar-refractivity contribution in [3.8, 4) is 0 Å². The Balaban J connectivity index is 1.77. The molecule has 24 heavy (non-hydrogen) atoms. The Hall–Kier alpha value is -2.67. The van der Waals surface area contributed by atoms with E-state index in [9.17, 15) is 14.0 Å². The van der Waals surface area contributed by atoms with Gasteiger partial charge in [-0.2, -0.15) is 0 Å². The van der Waals surface area contributed by atoms with Gasteiger partial charge < -0.3 is 4.42 Å². The van der Waals surface area contributed by atoms with Crippen LogP contribution in [0.4, 0.5) is 4.39 Å². The van der Waals surface area contributed by atoms with Crippen molar-refractivity contribution in [2.45, 2.75) is 6.92 Å². The SMILES string of the molecule is Cc1c(C(=O)NNC(=O)c2ccccc2F)oc2ccc(Br)cc12. The number of halogens is 2. The first-order valence-electron chi connectivity index (χ1n) is 7.01. The zero-order valence-electron chi connectivity index (χ0n) is 12.5. The summed E-state index contributed by atoms with van der Waals surface area (Å²) in [6.07, 6.45) is 0. The van der Waals surface area contributed by atoms with Crippen LogP contribution in [0.5, 0.6) is 0 Å². The van der Waals surface area contributed by atoms with E-state index in [0.717, 1.165) is 15.9 Å². The molecule has 0 saturated carbocycles. The highest BCUT2D eigenvalue weighted by Crippen LogP contribution is 2.27. The van der Waals surface area contributed by atoms with Gasteiger partial charge in [0.1, 0.15) is 11.4 Å². The van der Waals surface area contributed by atoms with E-state index < -0.39 is 17.6 Å². The van der Waals surface area contributed by atoms with E-state index in [-0.39, 0.29) is 11.3 Å². The molecule has 0 aliphatic carbocycles. The fourth-order valence-electron chi connectivity index (χ4n) is 2.29. The summed E-state index contributed by atoms with van der Waals surface area (Å²) < 4.78 is 19.9. The molecule has 7 heteroatoms. The monoisotopic (exact) mass is 390 g/mol. The van der Waals surface area contributed by atoms with Crippen molar-refractivity contribution in [2.75, 3.05) is 0 Å². The molecule has 5 nitrogen and oxygen atoms in total. The molecule has 2 N–H and O–H groups in total. The molecule has 0 atom stereocenters. The fourth-order valence-corrected chi connectivity index (χ4v) is 2.65. The number of benzene rings is 2. The minimum Gasteiger partial charge on any atom is -0.451 e. The van der Waals surface area contributed by atoms with E-state index in [4.69, 9.17) is 4.42 Å². The first kappa shape index (κ1) is 16.2. The van der Waals surface area contributed by atoms with E-state index >= 15 is 0 Å². The maximum absolute atomic E-state index is 13.5. The number of rotatable bonds is 2. The molecule has 0 spiro atoms. The minimum absolute atomic E-state index is 0.0805. The highest BCUT2D eigenvalue weighted by atomic mass is 79.9. The van der Waals surface area contributed by atoms with Crippen LogP contribution >= 0.6 is 15.9 Å². The number of amides is 2. The molecule has 1 heterocycles. The summed E-state index contributed by atoms with van der Waals surface area (Å²) in [5.41, 5.74) is 5.44. The van der Waals surface area contributed by atoms with Gasteiger partial charge in [-0.25, -0.2) is 4.39 Å². The largest absolute Gasteiger partial charge is 0.451 e. The third kappa shape index (κ3) is 3.03. The average Bonchev–Trinajstić information content (AvgIpc) is 2.89. The number of furan rings is 1. The molecular formula is C17H12BrFN2O3. The second kappa shape index (κ2) is 6.45. The number of hydrogen-bond donors (Lipinski definition) is 2. The van der Waals surface area contributed by atoms with Gasteiger partial charge in [-0.15, -0.1) is 0 Å². The van der Waals surface area contributed by atoms with Gasteiger partial charge in [0.15, 0.2) is 5.76 Å². The maximum Gasteiger partial charge on any atom is 0.305 e. The lowest BCUT2D eigenvalue weighted by molar-refractivity contribution is 0.0829. The van der Waals surface area contributed by atoms with E-state index in [0.29, 0.717) is 11.1 Å².